The van der Waals surface area contributed by atoms with Crippen LogP contribution in [0.3, 0.4) is 0 Å². The normalized spacial score (nSPS) is 11.1. The average molecular weight is 401 g/mol. The first kappa shape index (κ1) is 17.3. The molecule has 1 N–H and O–H groups in total. The molecule has 0 saturated heterocycles. The Morgan fingerprint density at radius 2 is 1.93 bits per heavy atom. The van der Waals surface area contributed by atoms with Crippen molar-refractivity contribution in [2.75, 3.05) is 5.32 Å². The molecule has 0 saturated carbocycles. The van der Waals surface area contributed by atoms with E-state index in [1.807, 2.05) is 47.0 Å². The van der Waals surface area contributed by atoms with Crippen LogP contribution in [0.5, 0.6) is 11.6 Å². The molecular formula is C21H15N5O2S. The Balaban J connectivity index is 1.40. The summed E-state index contributed by atoms with van der Waals surface area (Å²) >= 11 is 1.42. The van der Waals surface area contributed by atoms with E-state index >= 15 is 0 Å². The molecule has 0 bridgehead atoms. The fourth-order valence-electron chi connectivity index (χ4n) is 3.06. The summed E-state index contributed by atoms with van der Waals surface area (Å²) in [5.74, 6) is 0.836. The van der Waals surface area contributed by atoms with Gasteiger partial charge in [-0.2, -0.15) is 0 Å². The third-order valence-corrected chi connectivity index (χ3v) is 5.51. The molecule has 0 aliphatic rings. The summed E-state index contributed by atoms with van der Waals surface area (Å²) in [6, 6.07) is 16.8. The topological polar surface area (TPSA) is 81.4 Å². The predicted octanol–water partition coefficient (Wildman–Crippen LogP) is 4.69. The van der Waals surface area contributed by atoms with Gasteiger partial charge in [-0.1, -0.05) is 12.1 Å². The van der Waals surface area contributed by atoms with Gasteiger partial charge in [0.05, 0.1) is 15.9 Å². The number of thiophene rings is 1. The van der Waals surface area contributed by atoms with Gasteiger partial charge < -0.3 is 10.1 Å². The molecule has 29 heavy (non-hydrogen) atoms. The summed E-state index contributed by atoms with van der Waals surface area (Å²) in [6.45, 7) is 1.92. The highest BCUT2D eigenvalue weighted by molar-refractivity contribution is 7.12. The van der Waals surface area contributed by atoms with Crippen molar-refractivity contribution in [1.29, 1.82) is 0 Å². The molecule has 0 spiro atoms. The van der Waals surface area contributed by atoms with Gasteiger partial charge in [0, 0.05) is 5.69 Å². The van der Waals surface area contributed by atoms with E-state index in [0.29, 0.717) is 27.8 Å². The number of nitrogens with zero attached hydrogens (tertiary/aromatic N) is 4. The predicted molar refractivity (Wildman–Crippen MR) is 112 cm³/mol. The van der Waals surface area contributed by atoms with Gasteiger partial charge in [0.25, 0.3) is 11.8 Å². The Hall–Kier alpha value is -3.78. The van der Waals surface area contributed by atoms with E-state index in [9.17, 15) is 4.79 Å². The van der Waals surface area contributed by atoms with E-state index in [2.05, 4.69) is 20.5 Å². The van der Waals surface area contributed by atoms with E-state index in [-0.39, 0.29) is 5.91 Å². The number of hydrogen-bond acceptors (Lipinski definition) is 6. The molecule has 7 nitrogen and oxygen atoms in total. The van der Waals surface area contributed by atoms with Crippen LogP contribution in [0.15, 0.2) is 66.3 Å². The number of carbonyl (C=O) groups is 1. The van der Waals surface area contributed by atoms with E-state index in [1.165, 1.54) is 11.3 Å². The van der Waals surface area contributed by atoms with Gasteiger partial charge >= 0.3 is 0 Å². The number of fused-ring (bicyclic) bond motifs is 3. The van der Waals surface area contributed by atoms with Crippen molar-refractivity contribution in [3.63, 3.8) is 0 Å². The maximum atomic E-state index is 12.4. The molecule has 0 aliphatic heterocycles. The highest BCUT2D eigenvalue weighted by Gasteiger charge is 2.13. The molecule has 1 amide bonds. The highest BCUT2D eigenvalue weighted by atomic mass is 32.1. The van der Waals surface area contributed by atoms with Crippen LogP contribution >= 0.6 is 11.3 Å². The number of aryl methyl sites for hydroxylation is 1. The first-order valence-electron chi connectivity index (χ1n) is 8.91. The highest BCUT2D eigenvalue weighted by Crippen LogP contribution is 2.27. The van der Waals surface area contributed by atoms with Gasteiger partial charge in [-0.25, -0.2) is 4.98 Å². The largest absolute Gasteiger partial charge is 0.436 e. The Kier molecular flexibility index (Phi) is 4.18. The Labute approximate surface area is 169 Å². The van der Waals surface area contributed by atoms with Crippen molar-refractivity contribution in [3.05, 3.63) is 76.7 Å². The van der Waals surface area contributed by atoms with Crippen LogP contribution in [0.2, 0.25) is 0 Å². The van der Waals surface area contributed by atoms with E-state index in [4.69, 9.17) is 4.74 Å². The van der Waals surface area contributed by atoms with Crippen LogP contribution in [-0.4, -0.2) is 25.5 Å². The summed E-state index contributed by atoms with van der Waals surface area (Å²) in [6.07, 6.45) is 1.64. The van der Waals surface area contributed by atoms with E-state index < -0.39 is 0 Å². The van der Waals surface area contributed by atoms with Crippen molar-refractivity contribution < 1.29 is 9.53 Å². The number of ether oxygens (including phenoxy) is 1. The van der Waals surface area contributed by atoms with Crippen molar-refractivity contribution in [1.82, 2.24) is 19.6 Å². The van der Waals surface area contributed by atoms with Crippen LogP contribution < -0.4 is 10.1 Å². The van der Waals surface area contributed by atoms with Crippen molar-refractivity contribution in [2.24, 2.45) is 0 Å². The van der Waals surface area contributed by atoms with Crippen LogP contribution in [-0.2, 0) is 0 Å². The zero-order valence-electron chi connectivity index (χ0n) is 15.4. The fraction of sp³-hybridized carbons (Fsp3) is 0.0476. The third-order valence-electron chi connectivity index (χ3n) is 4.50. The second kappa shape index (κ2) is 6.99. The SMILES string of the molecule is Cc1ccsc1C(=O)Nc1ccc(Oc2nc3ccccc3n3cnnc23)cc1. The second-order valence-electron chi connectivity index (χ2n) is 6.44. The third kappa shape index (κ3) is 3.19. The molecule has 0 atom stereocenters. The van der Waals surface area contributed by atoms with Gasteiger partial charge in [-0.15, -0.1) is 21.5 Å². The molecule has 8 heteroatoms. The lowest BCUT2D eigenvalue weighted by molar-refractivity contribution is 0.103. The van der Waals surface area contributed by atoms with Crippen LogP contribution in [0.4, 0.5) is 5.69 Å². The molecule has 0 aliphatic carbocycles. The molecule has 3 aromatic heterocycles. The second-order valence-corrected chi connectivity index (χ2v) is 7.36. The lowest BCUT2D eigenvalue weighted by atomic mass is 10.2. The van der Waals surface area contributed by atoms with Gasteiger partial charge in [0.2, 0.25) is 5.65 Å². The zero-order valence-corrected chi connectivity index (χ0v) is 16.2. The minimum Gasteiger partial charge on any atom is -0.436 e. The van der Waals surface area contributed by atoms with E-state index in [0.717, 1.165) is 16.6 Å². The number of aromatic nitrogens is 4. The summed E-state index contributed by atoms with van der Waals surface area (Å²) in [5.41, 5.74) is 3.88. The number of amides is 1. The molecule has 0 unspecified atom stereocenters. The molecule has 3 heterocycles. The van der Waals surface area contributed by atoms with Crippen molar-refractivity contribution in [2.45, 2.75) is 6.92 Å². The maximum absolute atomic E-state index is 12.4. The molecule has 5 rings (SSSR count). The van der Waals surface area contributed by atoms with Crippen molar-refractivity contribution >= 4 is 39.6 Å². The minimum absolute atomic E-state index is 0.118. The van der Waals surface area contributed by atoms with Gasteiger partial charge in [0.15, 0.2) is 0 Å². The number of carbonyl (C=O) groups excluding carboxylic acids is 1. The number of anilines is 1. The summed E-state index contributed by atoms with van der Waals surface area (Å²) in [5, 5.41) is 12.9. The molecule has 2 aromatic carbocycles. The van der Waals surface area contributed by atoms with Crippen LogP contribution in [0.25, 0.3) is 16.7 Å². The summed E-state index contributed by atoms with van der Waals surface area (Å²) in [4.78, 5) is 17.6. The summed E-state index contributed by atoms with van der Waals surface area (Å²) in [7, 11) is 0. The monoisotopic (exact) mass is 401 g/mol. The Bertz CT molecular complexity index is 1340. The zero-order chi connectivity index (χ0) is 19.8. The number of para-hydroxylation sites is 2. The molecule has 5 aromatic rings. The van der Waals surface area contributed by atoms with Gasteiger partial charge in [-0.3, -0.25) is 9.20 Å². The maximum Gasteiger partial charge on any atom is 0.266 e. The standard InChI is InChI=1S/C21H15N5O2S/c1-13-10-11-29-18(13)20(27)23-14-6-8-15(9-7-14)28-21-19-25-22-12-26(19)17-5-3-2-4-16(17)24-21/h2-12H,1H3,(H,23,27). The quantitative estimate of drug-likeness (QED) is 0.472. The van der Waals surface area contributed by atoms with Crippen LogP contribution in [0, 0.1) is 6.92 Å². The van der Waals surface area contributed by atoms with Crippen molar-refractivity contribution in [3.8, 4) is 11.6 Å². The molecular weight excluding hydrogens is 386 g/mol. The first-order chi connectivity index (χ1) is 14.2. The van der Waals surface area contributed by atoms with E-state index in [1.54, 1.807) is 30.6 Å². The first-order valence-corrected chi connectivity index (χ1v) is 9.79. The molecule has 0 radical (unpaired) electrons. The number of nitrogens with one attached hydrogen (secondary N) is 1. The fourth-order valence-corrected chi connectivity index (χ4v) is 3.88. The molecule has 0 fully saturated rings. The minimum atomic E-state index is -0.118. The Morgan fingerprint density at radius 3 is 2.72 bits per heavy atom. The number of benzene rings is 2. The number of rotatable bonds is 4. The lowest BCUT2D eigenvalue weighted by Gasteiger charge is -2.09. The average Bonchev–Trinajstić information content (AvgIpc) is 3.39. The smallest absolute Gasteiger partial charge is 0.266 e. The number of hydrogen-bond donors (Lipinski definition) is 1. The van der Waals surface area contributed by atoms with Gasteiger partial charge in [-0.05, 0) is 60.3 Å². The van der Waals surface area contributed by atoms with Gasteiger partial charge in [0.1, 0.15) is 12.1 Å². The molecule has 142 valence electrons. The summed E-state index contributed by atoms with van der Waals surface area (Å²) < 4.78 is 7.81. The lowest BCUT2D eigenvalue weighted by Crippen LogP contribution is -2.11. The Morgan fingerprint density at radius 1 is 1.10 bits per heavy atom. The van der Waals surface area contributed by atoms with Crippen LogP contribution in [0.1, 0.15) is 15.2 Å².